The molecular formula is C19H20O3. The lowest BCUT2D eigenvalue weighted by molar-refractivity contribution is -0.214. The second-order valence-electron chi connectivity index (χ2n) is 6.37. The van der Waals surface area contributed by atoms with E-state index in [0.29, 0.717) is 19.1 Å². The number of hydrogen-bond acceptors (Lipinski definition) is 3. The molecule has 2 aromatic carbocycles. The molecule has 1 heterocycles. The van der Waals surface area contributed by atoms with Crippen LogP contribution in [0.2, 0.25) is 0 Å². The molecule has 4 rings (SSSR count). The molecule has 1 aliphatic carbocycles. The fourth-order valence-electron chi connectivity index (χ4n) is 3.40. The van der Waals surface area contributed by atoms with Crippen molar-refractivity contribution >= 4 is 0 Å². The minimum Gasteiger partial charge on any atom is -0.396 e. The molecular weight excluding hydrogens is 276 g/mol. The Balaban J connectivity index is 1.77. The van der Waals surface area contributed by atoms with Crippen molar-refractivity contribution in [3.8, 4) is 0 Å². The summed E-state index contributed by atoms with van der Waals surface area (Å²) in [7, 11) is 0. The van der Waals surface area contributed by atoms with Gasteiger partial charge in [0.05, 0.1) is 19.8 Å². The molecule has 1 N–H and O–H groups in total. The summed E-state index contributed by atoms with van der Waals surface area (Å²) in [6, 6.07) is 20.1. The van der Waals surface area contributed by atoms with Crippen LogP contribution in [0.1, 0.15) is 17.5 Å². The summed E-state index contributed by atoms with van der Waals surface area (Å²) in [6.07, 6.45) is 0.989. The summed E-state index contributed by atoms with van der Waals surface area (Å²) in [6.45, 7) is 1.31. The summed E-state index contributed by atoms with van der Waals surface area (Å²) < 4.78 is 12.6. The molecule has 0 bridgehead atoms. The molecule has 2 aliphatic rings. The average Bonchev–Trinajstić information content (AvgIpc) is 3.32. The molecule has 1 saturated heterocycles. The molecule has 2 fully saturated rings. The van der Waals surface area contributed by atoms with E-state index in [0.717, 1.165) is 17.5 Å². The number of rotatable bonds is 3. The van der Waals surface area contributed by atoms with E-state index in [-0.39, 0.29) is 12.0 Å². The monoisotopic (exact) mass is 296 g/mol. The van der Waals surface area contributed by atoms with Crippen LogP contribution in [-0.4, -0.2) is 24.9 Å². The van der Waals surface area contributed by atoms with Crippen molar-refractivity contribution in [3.63, 3.8) is 0 Å². The van der Waals surface area contributed by atoms with E-state index in [2.05, 4.69) is 0 Å². The van der Waals surface area contributed by atoms with Crippen LogP contribution in [0.25, 0.3) is 0 Å². The van der Waals surface area contributed by atoms with Crippen LogP contribution in [0.4, 0.5) is 0 Å². The fourth-order valence-corrected chi connectivity index (χ4v) is 3.40. The highest BCUT2D eigenvalue weighted by Crippen LogP contribution is 2.56. The van der Waals surface area contributed by atoms with Crippen LogP contribution < -0.4 is 0 Å². The highest BCUT2D eigenvalue weighted by atomic mass is 16.7. The van der Waals surface area contributed by atoms with Crippen molar-refractivity contribution in [1.82, 2.24) is 0 Å². The predicted molar refractivity (Wildman–Crippen MR) is 83.2 cm³/mol. The summed E-state index contributed by atoms with van der Waals surface area (Å²) in [5.74, 6) is -0.482. The zero-order chi connectivity index (χ0) is 15.0. The molecule has 0 radical (unpaired) electrons. The van der Waals surface area contributed by atoms with Gasteiger partial charge in [0.15, 0.2) is 0 Å². The molecule has 3 nitrogen and oxygen atoms in total. The lowest BCUT2D eigenvalue weighted by Crippen LogP contribution is -2.35. The zero-order valence-electron chi connectivity index (χ0n) is 12.4. The largest absolute Gasteiger partial charge is 0.396 e. The molecule has 1 saturated carbocycles. The normalized spacial score (nSPS) is 29.4. The first-order valence-electron chi connectivity index (χ1n) is 7.79. The van der Waals surface area contributed by atoms with Gasteiger partial charge in [0.1, 0.15) is 0 Å². The lowest BCUT2D eigenvalue weighted by Gasteiger charge is -2.34. The van der Waals surface area contributed by atoms with Gasteiger partial charge in [-0.25, -0.2) is 0 Å². The fraction of sp³-hybridized carbons (Fsp3) is 0.368. The lowest BCUT2D eigenvalue weighted by atomic mass is 9.97. The quantitative estimate of drug-likeness (QED) is 0.946. The van der Waals surface area contributed by atoms with E-state index in [4.69, 9.17) is 9.47 Å². The van der Waals surface area contributed by atoms with Crippen LogP contribution in [0.5, 0.6) is 0 Å². The molecule has 22 heavy (non-hydrogen) atoms. The van der Waals surface area contributed by atoms with Crippen LogP contribution in [-0.2, 0) is 15.3 Å². The Hall–Kier alpha value is -1.68. The summed E-state index contributed by atoms with van der Waals surface area (Å²) in [4.78, 5) is 0. The molecule has 114 valence electrons. The van der Waals surface area contributed by atoms with Gasteiger partial charge in [0, 0.05) is 16.5 Å². The second kappa shape index (κ2) is 5.20. The Morgan fingerprint density at radius 1 is 0.909 bits per heavy atom. The van der Waals surface area contributed by atoms with Crippen LogP contribution >= 0.6 is 0 Å². The van der Waals surface area contributed by atoms with E-state index in [1.54, 1.807) is 0 Å². The average molecular weight is 296 g/mol. The number of aliphatic hydroxyl groups is 1. The molecule has 0 spiro atoms. The minimum absolute atomic E-state index is 0.106. The molecule has 3 heteroatoms. The van der Waals surface area contributed by atoms with Gasteiger partial charge in [-0.1, -0.05) is 60.7 Å². The summed E-state index contributed by atoms with van der Waals surface area (Å²) in [5, 5.41) is 9.69. The van der Waals surface area contributed by atoms with Crippen molar-refractivity contribution in [3.05, 3.63) is 71.8 Å². The van der Waals surface area contributed by atoms with E-state index in [1.165, 1.54) is 0 Å². The van der Waals surface area contributed by atoms with Gasteiger partial charge in [0.25, 0.3) is 0 Å². The van der Waals surface area contributed by atoms with Crippen LogP contribution in [0.3, 0.4) is 0 Å². The van der Waals surface area contributed by atoms with E-state index in [9.17, 15) is 5.11 Å². The number of aliphatic hydroxyl groups excluding tert-OH is 1. The highest BCUT2D eigenvalue weighted by Gasteiger charge is 2.58. The summed E-state index contributed by atoms with van der Waals surface area (Å²) in [5.41, 5.74) is 1.89. The smallest absolute Gasteiger partial charge is 0.222 e. The Bertz CT molecular complexity index is 601. The molecule has 0 unspecified atom stereocenters. The van der Waals surface area contributed by atoms with Gasteiger partial charge in [0.2, 0.25) is 5.79 Å². The van der Waals surface area contributed by atoms with Gasteiger partial charge in [-0.05, 0) is 12.3 Å². The van der Waals surface area contributed by atoms with Crippen molar-refractivity contribution in [1.29, 1.82) is 0 Å². The third-order valence-electron chi connectivity index (χ3n) is 5.03. The van der Waals surface area contributed by atoms with E-state index < -0.39 is 5.79 Å². The molecule has 0 aromatic heterocycles. The maximum absolute atomic E-state index is 9.69. The van der Waals surface area contributed by atoms with Crippen molar-refractivity contribution < 1.29 is 14.6 Å². The molecule has 2 aromatic rings. The Labute approximate surface area is 130 Å². The second-order valence-corrected chi connectivity index (χ2v) is 6.37. The zero-order valence-corrected chi connectivity index (χ0v) is 12.4. The van der Waals surface area contributed by atoms with Gasteiger partial charge in [-0.15, -0.1) is 0 Å². The van der Waals surface area contributed by atoms with Gasteiger partial charge in [-0.3, -0.25) is 0 Å². The predicted octanol–water partition coefficient (Wildman–Crippen LogP) is 2.93. The summed E-state index contributed by atoms with van der Waals surface area (Å²) >= 11 is 0. The highest BCUT2D eigenvalue weighted by molar-refractivity contribution is 5.34. The van der Waals surface area contributed by atoms with Crippen molar-refractivity contribution in [2.75, 3.05) is 19.8 Å². The topological polar surface area (TPSA) is 38.7 Å². The molecule has 2 atom stereocenters. The molecule has 0 amide bonds. The standard InChI is InChI=1S/C19H20O3/c20-13-18-11-17(18)12-21-19(22-14-18,15-7-3-1-4-8-15)16-9-5-2-6-10-16/h1-10,17,20H,11-14H2/t17-,18+/m0/s1. The van der Waals surface area contributed by atoms with E-state index in [1.807, 2.05) is 60.7 Å². The van der Waals surface area contributed by atoms with Crippen molar-refractivity contribution in [2.24, 2.45) is 11.3 Å². The first-order chi connectivity index (χ1) is 10.8. The first kappa shape index (κ1) is 13.9. The number of fused-ring (bicyclic) bond motifs is 1. The van der Waals surface area contributed by atoms with E-state index >= 15 is 0 Å². The first-order valence-corrected chi connectivity index (χ1v) is 7.79. The Morgan fingerprint density at radius 2 is 1.50 bits per heavy atom. The maximum Gasteiger partial charge on any atom is 0.222 e. The number of benzene rings is 2. The van der Waals surface area contributed by atoms with Crippen LogP contribution in [0.15, 0.2) is 60.7 Å². The van der Waals surface area contributed by atoms with Crippen LogP contribution in [0, 0.1) is 11.3 Å². The SMILES string of the molecule is OC[C@]12COC(c3ccccc3)(c3ccccc3)OC[C@@H]1C2. The minimum atomic E-state index is -0.877. The third-order valence-corrected chi connectivity index (χ3v) is 5.03. The number of ether oxygens (including phenoxy) is 2. The molecule has 1 aliphatic heterocycles. The van der Waals surface area contributed by atoms with Crippen molar-refractivity contribution in [2.45, 2.75) is 12.2 Å². The van der Waals surface area contributed by atoms with Gasteiger partial charge in [-0.2, -0.15) is 0 Å². The number of hydrogen-bond donors (Lipinski definition) is 1. The Morgan fingerprint density at radius 3 is 2.05 bits per heavy atom. The van der Waals surface area contributed by atoms with Gasteiger partial charge < -0.3 is 14.6 Å². The van der Waals surface area contributed by atoms with Gasteiger partial charge >= 0.3 is 0 Å². The maximum atomic E-state index is 9.69. The Kier molecular flexibility index (Phi) is 3.30. The third kappa shape index (κ3) is 2.09.